The summed E-state index contributed by atoms with van der Waals surface area (Å²) in [7, 11) is -2.62. The van der Waals surface area contributed by atoms with Crippen LogP contribution < -0.4 is 10.1 Å². The van der Waals surface area contributed by atoms with Gasteiger partial charge in [0.1, 0.15) is 5.69 Å². The van der Waals surface area contributed by atoms with Crippen LogP contribution in [0, 0.1) is 0 Å². The SMILES string of the molecule is O=S1(c2nccs2)=[N+]2NC(Cl)c3cccc(c32)N1. The molecule has 0 radical (unpaired) electrons. The first-order chi connectivity index (χ1) is 8.70. The van der Waals surface area contributed by atoms with Crippen LogP contribution in [-0.2, 0) is 9.92 Å². The van der Waals surface area contributed by atoms with Gasteiger partial charge in [-0.3, -0.25) is 4.72 Å². The molecule has 0 saturated carbocycles. The van der Waals surface area contributed by atoms with Crippen molar-refractivity contribution in [3.05, 3.63) is 35.3 Å². The standard InChI is InChI=1S/C10H7ClN4OS2/c11-9-6-2-1-3-7-8(6)15(13-9)18(16,14-7)10-12-4-5-17-10/h1-5,9,13H/p+1. The lowest BCUT2D eigenvalue weighted by atomic mass is 10.2. The molecule has 2 atom stereocenters. The van der Waals surface area contributed by atoms with E-state index in [4.69, 9.17) is 11.6 Å². The maximum Gasteiger partial charge on any atom is 0.326 e. The second-order valence-corrected chi connectivity index (χ2v) is 7.55. The number of nitrogens with zero attached hydrogens (tertiary/aromatic N) is 2. The van der Waals surface area contributed by atoms with Crippen LogP contribution in [0.4, 0.5) is 11.4 Å². The van der Waals surface area contributed by atoms with Crippen molar-refractivity contribution in [2.75, 3.05) is 4.72 Å². The molecule has 92 valence electrons. The minimum absolute atomic E-state index is 0.358. The summed E-state index contributed by atoms with van der Waals surface area (Å²) in [6.45, 7) is 0. The van der Waals surface area contributed by atoms with Crippen LogP contribution in [0.2, 0.25) is 0 Å². The zero-order chi connectivity index (χ0) is 12.3. The molecule has 3 heterocycles. The number of thiazole rings is 1. The van der Waals surface area contributed by atoms with Crippen molar-refractivity contribution in [3.8, 4) is 0 Å². The van der Waals surface area contributed by atoms with Crippen LogP contribution in [0.5, 0.6) is 0 Å². The van der Waals surface area contributed by atoms with Crippen molar-refractivity contribution in [2.45, 2.75) is 9.84 Å². The van der Waals surface area contributed by atoms with Gasteiger partial charge in [0.15, 0.2) is 5.50 Å². The van der Waals surface area contributed by atoms with Crippen LogP contribution in [0.15, 0.2) is 34.1 Å². The molecule has 8 heteroatoms. The Labute approximate surface area is 113 Å². The molecule has 4 rings (SSSR count). The molecule has 18 heavy (non-hydrogen) atoms. The normalized spacial score (nSPS) is 28.3. The van der Waals surface area contributed by atoms with Crippen molar-refractivity contribution >= 4 is 44.2 Å². The highest BCUT2D eigenvalue weighted by atomic mass is 35.5. The fraction of sp³-hybridized carbons (Fsp3) is 0.100. The van der Waals surface area contributed by atoms with Gasteiger partial charge in [-0.1, -0.05) is 23.1 Å². The summed E-state index contributed by atoms with van der Waals surface area (Å²) in [5.41, 5.74) is 5.28. The van der Waals surface area contributed by atoms with Crippen molar-refractivity contribution in [1.82, 2.24) is 10.4 Å². The number of halogens is 1. The molecular weight excluding hydrogens is 292 g/mol. The van der Waals surface area contributed by atoms with E-state index < -0.39 is 9.92 Å². The number of rotatable bonds is 1. The maximum atomic E-state index is 13.1. The lowest BCUT2D eigenvalue weighted by Crippen LogP contribution is -2.26. The van der Waals surface area contributed by atoms with Gasteiger partial charge in [0.2, 0.25) is 0 Å². The van der Waals surface area contributed by atoms with Crippen molar-refractivity contribution in [1.29, 1.82) is 0 Å². The molecule has 1 aromatic carbocycles. The monoisotopic (exact) mass is 299 g/mol. The fourth-order valence-electron chi connectivity index (χ4n) is 2.18. The molecule has 2 aliphatic heterocycles. The second-order valence-electron chi connectivity index (χ2n) is 3.96. The van der Waals surface area contributed by atoms with Crippen LogP contribution in [0.25, 0.3) is 0 Å². The third-order valence-electron chi connectivity index (χ3n) is 2.93. The number of alkyl halides is 1. The van der Waals surface area contributed by atoms with Crippen LogP contribution in [-0.4, -0.2) is 13.2 Å². The third-order valence-corrected chi connectivity index (χ3v) is 6.67. The summed E-state index contributed by atoms with van der Waals surface area (Å²) >= 11 is 7.57. The predicted molar refractivity (Wildman–Crippen MR) is 70.2 cm³/mol. The van der Waals surface area contributed by atoms with E-state index in [1.165, 1.54) is 11.3 Å². The zero-order valence-corrected chi connectivity index (χ0v) is 11.4. The molecule has 2 aliphatic rings. The zero-order valence-electron chi connectivity index (χ0n) is 8.96. The molecule has 0 spiro atoms. The quantitative estimate of drug-likeness (QED) is 0.483. The minimum Gasteiger partial charge on any atom is -0.252 e. The van der Waals surface area contributed by atoms with Crippen molar-refractivity contribution in [3.63, 3.8) is 0 Å². The Morgan fingerprint density at radius 2 is 2.39 bits per heavy atom. The predicted octanol–water partition coefficient (Wildman–Crippen LogP) is 2.41. The summed E-state index contributed by atoms with van der Waals surface area (Å²) in [5.74, 6) is 0. The summed E-state index contributed by atoms with van der Waals surface area (Å²) in [4.78, 5) is 4.16. The Morgan fingerprint density at radius 1 is 1.50 bits per heavy atom. The van der Waals surface area contributed by atoms with Crippen LogP contribution >= 0.6 is 22.9 Å². The smallest absolute Gasteiger partial charge is 0.252 e. The first-order valence-corrected chi connectivity index (χ1v) is 8.08. The van der Waals surface area contributed by atoms with E-state index in [0.717, 1.165) is 16.9 Å². The van der Waals surface area contributed by atoms with Gasteiger partial charge in [-0.2, -0.15) is 4.21 Å². The molecule has 2 unspecified atom stereocenters. The number of aromatic nitrogens is 1. The Bertz CT molecular complexity index is 764. The molecule has 0 aliphatic carbocycles. The molecule has 5 nitrogen and oxygen atoms in total. The van der Waals surface area contributed by atoms with E-state index in [0.29, 0.717) is 4.34 Å². The largest absolute Gasteiger partial charge is 0.326 e. The van der Waals surface area contributed by atoms with E-state index >= 15 is 0 Å². The van der Waals surface area contributed by atoms with Crippen LogP contribution in [0.1, 0.15) is 11.1 Å². The van der Waals surface area contributed by atoms with Crippen LogP contribution in [0.3, 0.4) is 0 Å². The molecule has 0 saturated heterocycles. The number of benzene rings is 1. The highest BCUT2D eigenvalue weighted by Crippen LogP contribution is 2.45. The molecule has 2 N–H and O–H groups in total. The Balaban J connectivity index is 2.08. The van der Waals surface area contributed by atoms with Gasteiger partial charge in [0.25, 0.3) is 10.0 Å². The van der Waals surface area contributed by atoms with Gasteiger partial charge in [-0.15, -0.1) is 11.3 Å². The second kappa shape index (κ2) is 3.45. The molecule has 1 aromatic heterocycles. The Morgan fingerprint density at radius 3 is 3.17 bits per heavy atom. The highest BCUT2D eigenvalue weighted by molar-refractivity contribution is 7.94. The number of hydrogen-bond acceptors (Lipinski definition) is 4. The van der Waals surface area contributed by atoms with Gasteiger partial charge in [-0.05, 0) is 16.2 Å². The van der Waals surface area contributed by atoms with Crippen molar-refractivity contribution in [2.24, 2.45) is 0 Å². The number of hydrogen-bond donors (Lipinski definition) is 2. The molecule has 2 aromatic rings. The number of para-hydroxylation sites is 1. The number of anilines is 1. The summed E-state index contributed by atoms with van der Waals surface area (Å²) in [6, 6.07) is 5.72. The van der Waals surface area contributed by atoms with Crippen molar-refractivity contribution < 1.29 is 8.26 Å². The fourth-order valence-corrected chi connectivity index (χ4v) is 5.62. The first-order valence-electron chi connectivity index (χ1n) is 5.25. The summed E-state index contributed by atoms with van der Waals surface area (Å²) in [5, 5.41) is 1.81. The third kappa shape index (κ3) is 1.19. The average Bonchev–Trinajstić information content (AvgIpc) is 3.03. The van der Waals surface area contributed by atoms with Gasteiger partial charge in [0.05, 0.1) is 5.56 Å². The number of hydrazine groups is 1. The van der Waals surface area contributed by atoms with E-state index in [1.54, 1.807) is 10.3 Å². The van der Waals surface area contributed by atoms with Gasteiger partial charge in [-0.25, -0.2) is 4.98 Å². The average molecular weight is 300 g/mol. The molecule has 0 fully saturated rings. The van der Waals surface area contributed by atoms with E-state index in [9.17, 15) is 4.21 Å². The van der Waals surface area contributed by atoms with E-state index in [-0.39, 0.29) is 5.50 Å². The molecule has 0 amide bonds. The van der Waals surface area contributed by atoms with Gasteiger partial charge in [0, 0.05) is 11.6 Å². The lowest BCUT2D eigenvalue weighted by Gasteiger charge is -2.02. The lowest BCUT2D eigenvalue weighted by molar-refractivity contribution is -0.473. The van der Waals surface area contributed by atoms with E-state index in [1.807, 2.05) is 23.6 Å². The minimum atomic E-state index is -2.62. The van der Waals surface area contributed by atoms with Gasteiger partial charge >= 0.3 is 9.92 Å². The Kier molecular flexibility index (Phi) is 2.06. The Hall–Kier alpha value is -1.15. The maximum absolute atomic E-state index is 13.1. The topological polar surface area (TPSA) is 57.0 Å². The summed E-state index contributed by atoms with van der Waals surface area (Å²) in [6.07, 6.45) is 1.65. The van der Waals surface area contributed by atoms with Gasteiger partial charge < -0.3 is 0 Å². The number of nitrogens with one attached hydrogen (secondary N) is 2. The molecule has 0 bridgehead atoms. The first kappa shape index (κ1) is 10.7. The molecular formula is C10H8ClN4OS2+. The summed E-state index contributed by atoms with van der Waals surface area (Å²) < 4.78 is 18.3. The highest BCUT2D eigenvalue weighted by Gasteiger charge is 2.47. The van der Waals surface area contributed by atoms with E-state index in [2.05, 4.69) is 15.1 Å².